The van der Waals surface area contributed by atoms with Crippen molar-refractivity contribution in [1.29, 1.82) is 0 Å². The van der Waals surface area contributed by atoms with E-state index in [1.807, 2.05) is 49.4 Å². The fraction of sp³-hybridized carbons (Fsp3) is 0.182. The highest BCUT2D eigenvalue weighted by molar-refractivity contribution is 9.10. The lowest BCUT2D eigenvalue weighted by Crippen LogP contribution is -2.04. The predicted molar refractivity (Wildman–Crippen MR) is 128 cm³/mol. The van der Waals surface area contributed by atoms with Gasteiger partial charge in [0.25, 0.3) is 0 Å². The van der Waals surface area contributed by atoms with Gasteiger partial charge in [0.15, 0.2) is 11.5 Å². The summed E-state index contributed by atoms with van der Waals surface area (Å²) in [5, 5.41) is 4.44. The normalized spacial score (nSPS) is 10.7. The summed E-state index contributed by atoms with van der Waals surface area (Å²) < 4.78 is 13.7. The monoisotopic (exact) mass is 557 g/mol. The number of halogens is 4. The lowest BCUT2D eigenvalue weighted by atomic mass is 10.2. The summed E-state index contributed by atoms with van der Waals surface area (Å²) in [6, 6.07) is 17.5. The minimum Gasteiger partial charge on any atom is -0.490 e. The topological polar surface area (TPSA) is 30.5 Å². The van der Waals surface area contributed by atoms with Gasteiger partial charge in [0, 0.05) is 16.7 Å². The molecule has 3 rings (SSSR count). The van der Waals surface area contributed by atoms with Crippen molar-refractivity contribution in [2.75, 3.05) is 11.9 Å². The fourth-order valence-electron chi connectivity index (χ4n) is 2.68. The highest BCUT2D eigenvalue weighted by atomic mass is 79.9. The molecule has 7 heteroatoms. The number of benzene rings is 3. The van der Waals surface area contributed by atoms with E-state index in [0.717, 1.165) is 25.8 Å². The Bertz CT molecular complexity index is 981. The van der Waals surface area contributed by atoms with E-state index in [-0.39, 0.29) is 0 Å². The molecule has 0 bridgehead atoms. The van der Waals surface area contributed by atoms with Crippen LogP contribution < -0.4 is 14.8 Å². The molecule has 0 radical (unpaired) electrons. The van der Waals surface area contributed by atoms with Gasteiger partial charge in [-0.25, -0.2) is 0 Å². The lowest BCUT2D eigenvalue weighted by Gasteiger charge is -2.16. The number of hydrogen-bond acceptors (Lipinski definition) is 3. The molecule has 0 aliphatic carbocycles. The Hall–Kier alpha value is -1.40. The van der Waals surface area contributed by atoms with E-state index in [4.69, 9.17) is 32.7 Å². The Morgan fingerprint density at radius 2 is 1.62 bits per heavy atom. The van der Waals surface area contributed by atoms with Crippen molar-refractivity contribution in [3.8, 4) is 11.5 Å². The summed E-state index contributed by atoms with van der Waals surface area (Å²) in [7, 11) is 0. The van der Waals surface area contributed by atoms with Gasteiger partial charge in [0.05, 0.1) is 21.1 Å². The van der Waals surface area contributed by atoms with Crippen LogP contribution in [0.25, 0.3) is 0 Å². The predicted octanol–water partition coefficient (Wildman–Crippen LogP) is 8.11. The summed E-state index contributed by atoms with van der Waals surface area (Å²) in [6.07, 6.45) is 0. The second kappa shape index (κ2) is 10.6. The average molecular weight is 560 g/mol. The molecule has 3 aromatic carbocycles. The van der Waals surface area contributed by atoms with Crippen LogP contribution in [-0.4, -0.2) is 6.61 Å². The van der Waals surface area contributed by atoms with E-state index in [2.05, 4.69) is 37.2 Å². The number of rotatable bonds is 8. The van der Waals surface area contributed by atoms with E-state index < -0.39 is 0 Å². The highest BCUT2D eigenvalue weighted by Crippen LogP contribution is 2.38. The Labute approximate surface area is 197 Å². The molecule has 0 saturated heterocycles. The molecule has 3 aromatic rings. The van der Waals surface area contributed by atoms with Crippen LogP contribution in [0, 0.1) is 0 Å². The van der Waals surface area contributed by atoms with Crippen LogP contribution >= 0.6 is 55.1 Å². The third-order valence-corrected chi connectivity index (χ3v) is 5.93. The Morgan fingerprint density at radius 1 is 0.862 bits per heavy atom. The molecule has 0 spiro atoms. The molecule has 0 fully saturated rings. The first-order valence-electron chi connectivity index (χ1n) is 8.97. The zero-order valence-electron chi connectivity index (χ0n) is 15.6. The fourth-order valence-corrected chi connectivity index (χ4v) is 3.87. The van der Waals surface area contributed by atoms with Crippen molar-refractivity contribution in [1.82, 2.24) is 0 Å². The summed E-state index contributed by atoms with van der Waals surface area (Å²) in [5.41, 5.74) is 3.04. The smallest absolute Gasteiger partial charge is 0.175 e. The van der Waals surface area contributed by atoms with E-state index in [1.54, 1.807) is 12.1 Å². The second-order valence-electron chi connectivity index (χ2n) is 6.24. The van der Waals surface area contributed by atoms with E-state index in [1.165, 1.54) is 0 Å². The van der Waals surface area contributed by atoms with Gasteiger partial charge in [-0.3, -0.25) is 0 Å². The third kappa shape index (κ3) is 6.29. The van der Waals surface area contributed by atoms with Gasteiger partial charge in [-0.1, -0.05) is 45.2 Å². The SMILES string of the molecule is CCOc1cc(CNc2ccc(Br)cc2)cc(Br)c1OCc1ccc(Cl)c(Cl)c1. The van der Waals surface area contributed by atoms with Crippen molar-refractivity contribution >= 4 is 60.7 Å². The Balaban J connectivity index is 1.74. The maximum atomic E-state index is 6.09. The quantitative estimate of drug-likeness (QED) is 0.302. The molecule has 0 aromatic heterocycles. The van der Waals surface area contributed by atoms with E-state index in [0.29, 0.717) is 41.3 Å². The second-order valence-corrected chi connectivity index (χ2v) is 8.82. The first-order chi connectivity index (χ1) is 14.0. The Kier molecular flexibility index (Phi) is 8.13. The van der Waals surface area contributed by atoms with E-state index >= 15 is 0 Å². The minimum absolute atomic E-state index is 0.353. The molecule has 152 valence electrons. The third-order valence-electron chi connectivity index (χ3n) is 4.08. The van der Waals surface area contributed by atoms with Crippen molar-refractivity contribution in [2.45, 2.75) is 20.1 Å². The molecule has 0 aliphatic rings. The van der Waals surface area contributed by atoms with Gasteiger partial charge in [-0.2, -0.15) is 0 Å². The van der Waals surface area contributed by atoms with Crippen LogP contribution in [0.2, 0.25) is 10.0 Å². The average Bonchev–Trinajstić information content (AvgIpc) is 2.70. The van der Waals surface area contributed by atoms with Gasteiger partial charge in [-0.15, -0.1) is 0 Å². The molecule has 0 atom stereocenters. The summed E-state index contributed by atoms with van der Waals surface area (Å²) >= 11 is 19.1. The largest absolute Gasteiger partial charge is 0.490 e. The summed E-state index contributed by atoms with van der Waals surface area (Å²) in [5.74, 6) is 1.35. The zero-order chi connectivity index (χ0) is 20.8. The molecule has 1 N–H and O–H groups in total. The number of ether oxygens (including phenoxy) is 2. The van der Waals surface area contributed by atoms with Gasteiger partial charge >= 0.3 is 0 Å². The molecule has 0 unspecified atom stereocenters. The van der Waals surface area contributed by atoms with Gasteiger partial charge < -0.3 is 14.8 Å². The van der Waals surface area contributed by atoms with E-state index in [9.17, 15) is 0 Å². The van der Waals surface area contributed by atoms with Gasteiger partial charge in [0.1, 0.15) is 6.61 Å². The minimum atomic E-state index is 0.353. The molecule has 29 heavy (non-hydrogen) atoms. The maximum Gasteiger partial charge on any atom is 0.175 e. The van der Waals surface area contributed by atoms with Crippen LogP contribution in [-0.2, 0) is 13.2 Å². The van der Waals surface area contributed by atoms with Crippen LogP contribution in [0.3, 0.4) is 0 Å². The van der Waals surface area contributed by atoms with Crippen molar-refractivity contribution in [3.63, 3.8) is 0 Å². The maximum absolute atomic E-state index is 6.09. The summed E-state index contributed by atoms with van der Waals surface area (Å²) in [4.78, 5) is 0. The van der Waals surface area contributed by atoms with Crippen molar-refractivity contribution < 1.29 is 9.47 Å². The molecule has 3 nitrogen and oxygen atoms in total. The number of anilines is 1. The standard InChI is InChI=1S/C22H19Br2Cl2NO2/c1-2-28-21-11-15(12-27-17-6-4-16(23)5-7-17)9-18(24)22(21)29-13-14-3-8-19(25)20(26)10-14/h3-11,27H,2,12-13H2,1H3. The van der Waals surface area contributed by atoms with Gasteiger partial charge in [0.2, 0.25) is 0 Å². The number of hydrogen-bond donors (Lipinski definition) is 1. The highest BCUT2D eigenvalue weighted by Gasteiger charge is 2.13. The molecule has 0 heterocycles. The lowest BCUT2D eigenvalue weighted by molar-refractivity contribution is 0.267. The zero-order valence-corrected chi connectivity index (χ0v) is 20.3. The Morgan fingerprint density at radius 3 is 2.31 bits per heavy atom. The summed E-state index contributed by atoms with van der Waals surface area (Å²) in [6.45, 7) is 3.50. The molecule has 0 saturated carbocycles. The first-order valence-corrected chi connectivity index (χ1v) is 11.3. The van der Waals surface area contributed by atoms with Crippen LogP contribution in [0.4, 0.5) is 5.69 Å². The van der Waals surface area contributed by atoms with Crippen molar-refractivity contribution in [2.24, 2.45) is 0 Å². The van der Waals surface area contributed by atoms with Crippen LogP contribution in [0.5, 0.6) is 11.5 Å². The molecule has 0 aliphatic heterocycles. The van der Waals surface area contributed by atoms with Crippen LogP contribution in [0.15, 0.2) is 63.5 Å². The molecule has 0 amide bonds. The first kappa shape index (κ1) is 22.3. The van der Waals surface area contributed by atoms with Crippen molar-refractivity contribution in [3.05, 3.63) is 84.7 Å². The molecular formula is C22H19Br2Cl2NO2. The van der Waals surface area contributed by atoms with Gasteiger partial charge in [-0.05, 0) is 82.5 Å². The molecular weight excluding hydrogens is 541 g/mol. The number of nitrogens with one attached hydrogen (secondary N) is 1. The van der Waals surface area contributed by atoms with Crippen LogP contribution in [0.1, 0.15) is 18.1 Å².